The average molecular weight is 408 g/mol. The number of amides is 1. The molecule has 0 heterocycles. The van der Waals surface area contributed by atoms with Crippen molar-refractivity contribution < 1.29 is 19.2 Å². The molecule has 2 rings (SSSR count). The van der Waals surface area contributed by atoms with E-state index in [2.05, 4.69) is 10.6 Å². The number of rotatable bonds is 9. The Bertz CT molecular complexity index is 1010. The Labute approximate surface area is 173 Å². The lowest BCUT2D eigenvalue weighted by Gasteiger charge is -2.10. The SMILES string of the molecule is CCCCOC(=O)c1ccccc1N/C=C(/C#N)C(=O)Nc1cccc([N+](=O)[O-])c1. The molecule has 0 spiro atoms. The smallest absolute Gasteiger partial charge is 0.340 e. The molecule has 154 valence electrons. The molecule has 0 saturated carbocycles. The highest BCUT2D eigenvalue weighted by Crippen LogP contribution is 2.19. The van der Waals surface area contributed by atoms with Crippen LogP contribution in [0.5, 0.6) is 0 Å². The van der Waals surface area contributed by atoms with Gasteiger partial charge >= 0.3 is 5.97 Å². The molecule has 9 nitrogen and oxygen atoms in total. The van der Waals surface area contributed by atoms with Crippen molar-refractivity contribution in [1.82, 2.24) is 0 Å². The Morgan fingerprint density at radius 2 is 2.00 bits per heavy atom. The van der Waals surface area contributed by atoms with E-state index in [-0.39, 0.29) is 22.5 Å². The van der Waals surface area contributed by atoms with Gasteiger partial charge in [-0.2, -0.15) is 5.26 Å². The molecule has 2 N–H and O–H groups in total. The normalized spacial score (nSPS) is 10.6. The van der Waals surface area contributed by atoms with Crippen LogP contribution >= 0.6 is 0 Å². The zero-order valence-electron chi connectivity index (χ0n) is 16.3. The van der Waals surface area contributed by atoms with E-state index < -0.39 is 16.8 Å². The number of carbonyl (C=O) groups excluding carboxylic acids is 2. The summed E-state index contributed by atoms with van der Waals surface area (Å²) in [4.78, 5) is 34.8. The van der Waals surface area contributed by atoms with Crippen LogP contribution in [0.2, 0.25) is 0 Å². The largest absolute Gasteiger partial charge is 0.462 e. The summed E-state index contributed by atoms with van der Waals surface area (Å²) < 4.78 is 5.20. The molecule has 0 aliphatic rings. The van der Waals surface area contributed by atoms with Gasteiger partial charge in [-0.05, 0) is 24.6 Å². The summed E-state index contributed by atoms with van der Waals surface area (Å²) in [5, 5.41) is 25.3. The van der Waals surface area contributed by atoms with Crippen molar-refractivity contribution in [1.29, 1.82) is 5.26 Å². The number of nitrogens with zero attached hydrogens (tertiary/aromatic N) is 2. The van der Waals surface area contributed by atoms with E-state index in [1.807, 2.05) is 6.92 Å². The number of carbonyl (C=O) groups is 2. The number of nitriles is 1. The summed E-state index contributed by atoms with van der Waals surface area (Å²) in [7, 11) is 0. The summed E-state index contributed by atoms with van der Waals surface area (Å²) in [6.45, 7) is 2.28. The third-order valence-electron chi connectivity index (χ3n) is 3.93. The first-order chi connectivity index (χ1) is 14.5. The van der Waals surface area contributed by atoms with E-state index in [1.54, 1.807) is 30.3 Å². The second kappa shape index (κ2) is 11.0. The molecular weight excluding hydrogens is 388 g/mol. The van der Waals surface area contributed by atoms with Crippen molar-refractivity contribution in [2.45, 2.75) is 19.8 Å². The van der Waals surface area contributed by atoms with Crippen molar-refractivity contribution in [3.05, 3.63) is 76.0 Å². The van der Waals surface area contributed by atoms with E-state index in [1.165, 1.54) is 24.3 Å². The number of unbranched alkanes of at least 4 members (excludes halogenated alkanes) is 1. The number of nitro groups is 1. The van der Waals surface area contributed by atoms with E-state index >= 15 is 0 Å². The molecule has 0 aliphatic carbocycles. The first kappa shape index (κ1) is 22.1. The molecule has 30 heavy (non-hydrogen) atoms. The number of hydrogen-bond acceptors (Lipinski definition) is 7. The fourth-order valence-corrected chi connectivity index (χ4v) is 2.37. The highest BCUT2D eigenvalue weighted by atomic mass is 16.6. The van der Waals surface area contributed by atoms with E-state index in [9.17, 15) is 25.0 Å². The molecule has 2 aromatic rings. The van der Waals surface area contributed by atoms with Gasteiger partial charge in [0.25, 0.3) is 11.6 Å². The molecule has 0 aromatic heterocycles. The molecule has 0 fully saturated rings. The van der Waals surface area contributed by atoms with Gasteiger partial charge in [0, 0.05) is 24.0 Å². The predicted octanol–water partition coefficient (Wildman–Crippen LogP) is 4.01. The molecule has 0 atom stereocenters. The first-order valence-corrected chi connectivity index (χ1v) is 9.15. The second-order valence-electron chi connectivity index (χ2n) is 6.11. The van der Waals surface area contributed by atoms with Crippen molar-refractivity contribution >= 4 is 28.9 Å². The van der Waals surface area contributed by atoms with Gasteiger partial charge < -0.3 is 15.4 Å². The van der Waals surface area contributed by atoms with Crippen LogP contribution in [-0.2, 0) is 9.53 Å². The molecule has 0 saturated heterocycles. The van der Waals surface area contributed by atoms with Gasteiger partial charge in [-0.25, -0.2) is 4.79 Å². The number of nitrogens with one attached hydrogen (secondary N) is 2. The fourth-order valence-electron chi connectivity index (χ4n) is 2.37. The zero-order valence-corrected chi connectivity index (χ0v) is 16.3. The maximum Gasteiger partial charge on any atom is 0.340 e. The maximum atomic E-state index is 12.3. The molecule has 0 unspecified atom stereocenters. The van der Waals surface area contributed by atoms with Crippen LogP contribution in [-0.4, -0.2) is 23.4 Å². The predicted molar refractivity (Wildman–Crippen MR) is 111 cm³/mol. The lowest BCUT2D eigenvalue weighted by Crippen LogP contribution is -2.15. The van der Waals surface area contributed by atoms with Crippen LogP contribution in [0, 0.1) is 21.4 Å². The molecule has 9 heteroatoms. The van der Waals surface area contributed by atoms with Crippen LogP contribution in [0.3, 0.4) is 0 Å². The van der Waals surface area contributed by atoms with Crippen LogP contribution in [0.1, 0.15) is 30.1 Å². The third kappa shape index (κ3) is 6.17. The highest BCUT2D eigenvalue weighted by molar-refractivity contribution is 6.07. The van der Waals surface area contributed by atoms with Gasteiger partial charge in [-0.1, -0.05) is 31.5 Å². The quantitative estimate of drug-likeness (QED) is 0.160. The Morgan fingerprint density at radius 3 is 2.70 bits per heavy atom. The summed E-state index contributed by atoms with van der Waals surface area (Å²) in [5.74, 6) is -1.27. The lowest BCUT2D eigenvalue weighted by atomic mass is 10.1. The van der Waals surface area contributed by atoms with E-state index in [4.69, 9.17) is 4.74 Å². The molecule has 1 amide bonds. The molecule has 2 aromatic carbocycles. The minimum absolute atomic E-state index is 0.176. The molecule has 0 radical (unpaired) electrons. The average Bonchev–Trinajstić information content (AvgIpc) is 2.74. The van der Waals surface area contributed by atoms with Crippen molar-refractivity contribution in [2.75, 3.05) is 17.2 Å². The van der Waals surface area contributed by atoms with E-state index in [0.29, 0.717) is 12.3 Å². The number of ether oxygens (including phenoxy) is 1. The second-order valence-corrected chi connectivity index (χ2v) is 6.11. The monoisotopic (exact) mass is 408 g/mol. The van der Waals surface area contributed by atoms with Gasteiger partial charge in [0.15, 0.2) is 0 Å². The van der Waals surface area contributed by atoms with Crippen LogP contribution in [0.25, 0.3) is 0 Å². The van der Waals surface area contributed by atoms with Crippen LogP contribution in [0.4, 0.5) is 17.1 Å². The molecular formula is C21H20N4O5. The first-order valence-electron chi connectivity index (χ1n) is 9.15. The number of hydrogen-bond donors (Lipinski definition) is 2. The van der Waals surface area contributed by atoms with Crippen LogP contribution < -0.4 is 10.6 Å². The minimum atomic E-state index is -0.756. The standard InChI is InChI=1S/C21H20N4O5/c1-2-3-11-30-21(27)18-9-4-5-10-19(18)23-14-15(13-22)20(26)24-16-7-6-8-17(12-16)25(28)29/h4-10,12,14,23H,2-3,11H2,1H3,(H,24,26)/b15-14-. The zero-order chi connectivity index (χ0) is 21.9. The number of non-ortho nitro benzene ring substituents is 1. The van der Waals surface area contributed by atoms with Gasteiger partial charge in [-0.3, -0.25) is 14.9 Å². The topological polar surface area (TPSA) is 134 Å². The van der Waals surface area contributed by atoms with E-state index in [0.717, 1.165) is 19.0 Å². The van der Waals surface area contributed by atoms with Gasteiger partial charge in [0.2, 0.25) is 0 Å². The van der Waals surface area contributed by atoms with Crippen molar-refractivity contribution in [3.8, 4) is 6.07 Å². The summed E-state index contributed by atoms with van der Waals surface area (Å²) in [6, 6.07) is 13.7. The lowest BCUT2D eigenvalue weighted by molar-refractivity contribution is -0.384. The Hall–Kier alpha value is -4.19. The Balaban J connectivity index is 2.13. The summed E-state index contributed by atoms with van der Waals surface area (Å²) >= 11 is 0. The summed E-state index contributed by atoms with van der Waals surface area (Å²) in [6.07, 6.45) is 2.80. The molecule has 0 aliphatic heterocycles. The summed E-state index contributed by atoms with van der Waals surface area (Å²) in [5.41, 5.74) is 0.339. The molecule has 0 bridgehead atoms. The number of para-hydroxylation sites is 1. The Kier molecular flexibility index (Phi) is 8.08. The van der Waals surface area contributed by atoms with Crippen molar-refractivity contribution in [2.24, 2.45) is 0 Å². The van der Waals surface area contributed by atoms with Crippen LogP contribution in [0.15, 0.2) is 60.3 Å². The number of anilines is 2. The van der Waals surface area contributed by atoms with Crippen molar-refractivity contribution in [3.63, 3.8) is 0 Å². The number of esters is 1. The minimum Gasteiger partial charge on any atom is -0.462 e. The van der Waals surface area contributed by atoms with Gasteiger partial charge in [0.1, 0.15) is 11.6 Å². The highest BCUT2D eigenvalue weighted by Gasteiger charge is 2.14. The maximum absolute atomic E-state index is 12.3. The number of benzene rings is 2. The number of nitro benzene ring substituents is 1. The Morgan fingerprint density at radius 1 is 1.23 bits per heavy atom. The third-order valence-corrected chi connectivity index (χ3v) is 3.93. The van der Waals surface area contributed by atoms with Gasteiger partial charge in [-0.15, -0.1) is 0 Å². The van der Waals surface area contributed by atoms with Gasteiger partial charge in [0.05, 0.1) is 22.8 Å². The fraction of sp³-hybridized carbons (Fsp3) is 0.190.